The van der Waals surface area contributed by atoms with E-state index < -0.39 is 0 Å². The van der Waals surface area contributed by atoms with Gasteiger partial charge in [0.25, 0.3) is 0 Å². The zero-order valence-electron chi connectivity index (χ0n) is 6.69. The Morgan fingerprint density at radius 3 is 2.60 bits per heavy atom. The number of nitrogens with one attached hydrogen (secondary N) is 2. The van der Waals surface area contributed by atoms with E-state index in [1.807, 2.05) is 13.6 Å². The highest BCUT2D eigenvalue weighted by Crippen LogP contribution is 2.00. The lowest BCUT2D eigenvalue weighted by Crippen LogP contribution is -2.38. The minimum Gasteiger partial charge on any atom is -0.358 e. The second kappa shape index (κ2) is 5.63. The highest BCUT2D eigenvalue weighted by atomic mass is 31.1. The first-order valence-electron chi connectivity index (χ1n) is 3.40. The molecule has 0 bridgehead atoms. The van der Waals surface area contributed by atoms with Crippen LogP contribution in [0, 0.1) is 0 Å². The van der Waals surface area contributed by atoms with E-state index in [4.69, 9.17) is 0 Å². The molecule has 0 spiro atoms. The molecule has 10 heavy (non-hydrogen) atoms. The Balaban J connectivity index is 3.68. The first-order valence-corrected chi connectivity index (χ1v) is 4.90. The number of amides is 1. The van der Waals surface area contributed by atoms with Crippen molar-refractivity contribution in [2.45, 2.75) is 19.4 Å². The van der Waals surface area contributed by atoms with Crippen LogP contribution in [0.3, 0.4) is 0 Å². The van der Waals surface area contributed by atoms with Crippen LogP contribution in [0.2, 0.25) is 0 Å². The van der Waals surface area contributed by atoms with Crippen LogP contribution in [0.1, 0.15) is 13.3 Å². The van der Waals surface area contributed by atoms with Crippen LogP contribution in [0.4, 0.5) is 0 Å². The Labute approximate surface area is 63.8 Å². The molecule has 0 rings (SSSR count). The van der Waals surface area contributed by atoms with E-state index in [9.17, 15) is 4.79 Å². The number of hydrogen-bond acceptors (Lipinski definition) is 2. The maximum atomic E-state index is 11.0. The van der Waals surface area contributed by atoms with E-state index in [1.165, 1.54) is 0 Å². The topological polar surface area (TPSA) is 41.1 Å². The molecule has 0 aliphatic rings. The summed E-state index contributed by atoms with van der Waals surface area (Å²) in [4.78, 5) is 11.0. The van der Waals surface area contributed by atoms with Crippen molar-refractivity contribution in [2.24, 2.45) is 0 Å². The summed E-state index contributed by atoms with van der Waals surface area (Å²) in [7, 11) is 2.29. The van der Waals surface area contributed by atoms with E-state index in [1.54, 1.807) is 7.05 Å². The molecule has 0 aromatic rings. The summed E-state index contributed by atoms with van der Waals surface area (Å²) < 4.78 is 0. The lowest BCUT2D eigenvalue weighted by molar-refractivity contribution is -0.122. The van der Waals surface area contributed by atoms with E-state index in [2.05, 4.69) is 10.4 Å². The van der Waals surface area contributed by atoms with Crippen LogP contribution in [-0.4, -0.2) is 25.7 Å². The van der Waals surface area contributed by atoms with Crippen LogP contribution in [0.15, 0.2) is 0 Å². The molecule has 0 saturated carbocycles. The molecule has 2 unspecified atom stereocenters. The van der Waals surface area contributed by atoms with Crippen LogP contribution in [0.5, 0.6) is 0 Å². The lowest BCUT2D eigenvalue weighted by atomic mass is 10.2. The molecule has 0 radical (unpaired) electrons. The summed E-state index contributed by atoms with van der Waals surface area (Å²) in [6.45, 7) is 4.01. The van der Waals surface area contributed by atoms with Crippen molar-refractivity contribution in [2.75, 3.05) is 13.7 Å². The predicted molar refractivity (Wildman–Crippen MR) is 45.5 cm³/mol. The Morgan fingerprint density at radius 2 is 2.30 bits per heavy atom. The van der Waals surface area contributed by atoms with Crippen molar-refractivity contribution in [3.8, 4) is 0 Å². The van der Waals surface area contributed by atoms with Gasteiger partial charge in [0.05, 0.1) is 6.04 Å². The molecule has 0 heterocycles. The molecule has 3 nitrogen and oxygen atoms in total. The summed E-state index contributed by atoms with van der Waals surface area (Å²) in [5, 5.41) is 5.70. The highest BCUT2D eigenvalue weighted by Gasteiger charge is 2.11. The molecule has 0 aromatic heterocycles. The van der Waals surface area contributed by atoms with Gasteiger partial charge in [-0.25, -0.2) is 0 Å². The molecule has 0 aliphatic carbocycles. The molecule has 0 aliphatic heterocycles. The number of carbonyl (C=O) groups excluding carboxylic acids is 1. The first-order chi connectivity index (χ1) is 4.76. The fourth-order valence-corrected chi connectivity index (χ4v) is 1.39. The van der Waals surface area contributed by atoms with Gasteiger partial charge in [0.1, 0.15) is 0 Å². The van der Waals surface area contributed by atoms with Crippen LogP contribution in [0.25, 0.3) is 0 Å². The van der Waals surface area contributed by atoms with Crippen molar-refractivity contribution in [3.05, 3.63) is 0 Å². The fourth-order valence-electron chi connectivity index (χ4n) is 0.701. The molecule has 0 fully saturated rings. The van der Waals surface area contributed by atoms with Gasteiger partial charge in [-0.2, -0.15) is 0 Å². The van der Waals surface area contributed by atoms with Gasteiger partial charge in [-0.15, -0.1) is 0 Å². The summed E-state index contributed by atoms with van der Waals surface area (Å²) in [6.07, 6.45) is 0.848. The van der Waals surface area contributed by atoms with Gasteiger partial charge in [0.2, 0.25) is 5.91 Å². The predicted octanol–water partition coefficient (Wildman–Crippen LogP) is 0.324. The van der Waals surface area contributed by atoms with Gasteiger partial charge in [0, 0.05) is 7.05 Å². The molecule has 1 amide bonds. The Bertz CT molecular complexity index is 108. The average Bonchev–Trinajstić information content (AvgIpc) is 1.99. The van der Waals surface area contributed by atoms with Crippen LogP contribution >= 0.6 is 8.73 Å². The second-order valence-corrected chi connectivity index (χ2v) is 2.76. The standard InChI is InChI=1S/C6H15N2OP/c1-4-5(8-10-3)6(9)7-2/h5,8,10H,4H2,1-3H3,(H,7,9). The minimum atomic E-state index is -0.00617. The van der Waals surface area contributed by atoms with Gasteiger partial charge in [-0.3, -0.25) is 9.88 Å². The first kappa shape index (κ1) is 9.86. The normalized spacial score (nSPS) is 13.9. The number of carbonyl (C=O) groups is 1. The number of hydrogen-bond donors (Lipinski definition) is 2. The number of likely N-dealkylation sites (N-methyl/N-ethyl adjacent to an activating group) is 1. The largest absolute Gasteiger partial charge is 0.358 e. The SMILES string of the molecule is CCC(NPC)C(=O)NC. The number of rotatable bonds is 4. The van der Waals surface area contributed by atoms with Crippen molar-refractivity contribution in [1.82, 2.24) is 10.4 Å². The Kier molecular flexibility index (Phi) is 5.55. The highest BCUT2D eigenvalue weighted by molar-refractivity contribution is 7.34. The molecular weight excluding hydrogens is 147 g/mol. The zero-order chi connectivity index (χ0) is 7.98. The maximum absolute atomic E-state index is 11.0. The lowest BCUT2D eigenvalue weighted by Gasteiger charge is -2.12. The quantitative estimate of drug-likeness (QED) is 0.585. The van der Waals surface area contributed by atoms with E-state index in [0.717, 1.165) is 6.42 Å². The van der Waals surface area contributed by atoms with Crippen molar-refractivity contribution in [3.63, 3.8) is 0 Å². The molecule has 2 N–H and O–H groups in total. The Morgan fingerprint density at radius 1 is 1.70 bits per heavy atom. The molecule has 2 atom stereocenters. The van der Waals surface area contributed by atoms with E-state index in [-0.39, 0.29) is 11.9 Å². The summed E-state index contributed by atoms with van der Waals surface area (Å²) >= 11 is 0. The second-order valence-electron chi connectivity index (χ2n) is 1.97. The van der Waals surface area contributed by atoms with Gasteiger partial charge in [-0.05, 0) is 13.1 Å². The third-order valence-electron chi connectivity index (χ3n) is 1.29. The van der Waals surface area contributed by atoms with Gasteiger partial charge >= 0.3 is 0 Å². The molecular formula is C6H15N2OP. The van der Waals surface area contributed by atoms with Gasteiger partial charge < -0.3 is 5.32 Å². The monoisotopic (exact) mass is 162 g/mol. The molecule has 60 valence electrons. The maximum Gasteiger partial charge on any atom is 0.237 e. The van der Waals surface area contributed by atoms with Crippen molar-refractivity contribution >= 4 is 14.6 Å². The fraction of sp³-hybridized carbons (Fsp3) is 0.833. The van der Waals surface area contributed by atoms with Crippen LogP contribution in [-0.2, 0) is 4.79 Å². The molecule has 0 saturated heterocycles. The average molecular weight is 162 g/mol. The minimum absolute atomic E-state index is 0.00617. The zero-order valence-corrected chi connectivity index (χ0v) is 7.69. The third-order valence-corrected chi connectivity index (χ3v) is 1.93. The molecule has 4 heteroatoms. The van der Waals surface area contributed by atoms with E-state index >= 15 is 0 Å². The van der Waals surface area contributed by atoms with Crippen molar-refractivity contribution < 1.29 is 4.79 Å². The molecule has 0 aromatic carbocycles. The van der Waals surface area contributed by atoms with Crippen molar-refractivity contribution in [1.29, 1.82) is 0 Å². The summed E-state index contributed by atoms with van der Waals surface area (Å²) in [6, 6.07) is -0.00617. The smallest absolute Gasteiger partial charge is 0.237 e. The van der Waals surface area contributed by atoms with Crippen LogP contribution < -0.4 is 10.4 Å². The Hall–Kier alpha value is -0.140. The summed E-state index contributed by atoms with van der Waals surface area (Å²) in [5.41, 5.74) is 0. The van der Waals surface area contributed by atoms with Gasteiger partial charge in [0.15, 0.2) is 0 Å². The third kappa shape index (κ3) is 3.14. The van der Waals surface area contributed by atoms with Gasteiger partial charge in [-0.1, -0.05) is 15.7 Å². The summed E-state index contributed by atoms with van der Waals surface area (Å²) in [5.74, 6) is 0.0804. The van der Waals surface area contributed by atoms with E-state index in [0.29, 0.717) is 8.73 Å².